The van der Waals surface area contributed by atoms with Crippen molar-refractivity contribution in [1.29, 1.82) is 0 Å². The number of pyridine rings is 1. The van der Waals surface area contributed by atoms with Gasteiger partial charge in [-0.1, -0.05) is 17.7 Å². The van der Waals surface area contributed by atoms with Gasteiger partial charge >= 0.3 is 0 Å². The minimum Gasteiger partial charge on any atom is -0.368 e. The first kappa shape index (κ1) is 12.6. The van der Waals surface area contributed by atoms with Crippen molar-refractivity contribution in [2.24, 2.45) is 0 Å². The summed E-state index contributed by atoms with van der Waals surface area (Å²) >= 11 is 5.87. The van der Waals surface area contributed by atoms with Crippen LogP contribution < -0.4 is 10.6 Å². The SMILES string of the molecule is CC(c1ccccn1)N(C)c1cc(Cl)nc(N)n1. The fraction of sp³-hybridized carbons (Fsp3) is 0.250. The predicted octanol–water partition coefficient (Wildman–Crippen LogP) is 2.30. The highest BCUT2D eigenvalue weighted by atomic mass is 35.5. The molecule has 0 saturated heterocycles. The van der Waals surface area contributed by atoms with Crippen molar-refractivity contribution in [2.45, 2.75) is 13.0 Å². The molecule has 0 aromatic carbocycles. The first-order valence-corrected chi connectivity index (χ1v) is 5.89. The molecule has 2 rings (SSSR count). The third-order valence-corrected chi connectivity index (χ3v) is 2.95. The van der Waals surface area contributed by atoms with Crippen molar-refractivity contribution in [3.63, 3.8) is 0 Å². The molecule has 0 saturated carbocycles. The molecule has 0 radical (unpaired) electrons. The van der Waals surface area contributed by atoms with Crippen molar-refractivity contribution in [2.75, 3.05) is 17.7 Å². The van der Waals surface area contributed by atoms with Crippen LogP contribution in [-0.2, 0) is 0 Å². The van der Waals surface area contributed by atoms with E-state index in [-0.39, 0.29) is 12.0 Å². The summed E-state index contributed by atoms with van der Waals surface area (Å²) in [5.41, 5.74) is 6.54. The molecule has 18 heavy (non-hydrogen) atoms. The molecule has 94 valence electrons. The number of aromatic nitrogens is 3. The van der Waals surface area contributed by atoms with E-state index in [1.807, 2.05) is 37.1 Å². The van der Waals surface area contributed by atoms with Gasteiger partial charge in [0.15, 0.2) is 0 Å². The summed E-state index contributed by atoms with van der Waals surface area (Å²) in [4.78, 5) is 14.3. The van der Waals surface area contributed by atoms with Gasteiger partial charge in [0.05, 0.1) is 11.7 Å². The summed E-state index contributed by atoms with van der Waals surface area (Å²) in [6.07, 6.45) is 1.76. The molecule has 0 fully saturated rings. The van der Waals surface area contributed by atoms with E-state index in [2.05, 4.69) is 15.0 Å². The molecule has 1 unspecified atom stereocenters. The van der Waals surface area contributed by atoms with Gasteiger partial charge in [0.2, 0.25) is 5.95 Å². The summed E-state index contributed by atoms with van der Waals surface area (Å²) in [5.74, 6) is 0.836. The van der Waals surface area contributed by atoms with E-state index < -0.39 is 0 Å². The van der Waals surface area contributed by atoms with Gasteiger partial charge in [0, 0.05) is 19.3 Å². The van der Waals surface area contributed by atoms with Gasteiger partial charge < -0.3 is 10.6 Å². The second kappa shape index (κ2) is 5.18. The summed E-state index contributed by atoms with van der Waals surface area (Å²) < 4.78 is 0. The highest BCUT2D eigenvalue weighted by molar-refractivity contribution is 6.29. The third-order valence-electron chi connectivity index (χ3n) is 2.76. The Bertz CT molecular complexity index is 511. The number of hydrogen-bond acceptors (Lipinski definition) is 5. The topological polar surface area (TPSA) is 67.9 Å². The predicted molar refractivity (Wildman–Crippen MR) is 72.5 cm³/mol. The van der Waals surface area contributed by atoms with E-state index >= 15 is 0 Å². The van der Waals surface area contributed by atoms with Crippen LogP contribution >= 0.6 is 11.6 Å². The molecule has 2 aromatic heterocycles. The first-order valence-electron chi connectivity index (χ1n) is 5.51. The van der Waals surface area contributed by atoms with Crippen LogP contribution in [0, 0.1) is 0 Å². The lowest BCUT2D eigenvalue weighted by atomic mass is 10.2. The minimum atomic E-state index is 0.0663. The molecule has 0 bridgehead atoms. The van der Waals surface area contributed by atoms with Gasteiger partial charge in [-0.25, -0.2) is 4.98 Å². The zero-order chi connectivity index (χ0) is 13.1. The Labute approximate surface area is 111 Å². The van der Waals surface area contributed by atoms with Gasteiger partial charge in [0.1, 0.15) is 11.0 Å². The molecule has 0 spiro atoms. The molecule has 6 heteroatoms. The molecule has 2 heterocycles. The maximum Gasteiger partial charge on any atom is 0.223 e. The Balaban J connectivity index is 2.28. The molecule has 0 aliphatic heterocycles. The van der Waals surface area contributed by atoms with Crippen molar-refractivity contribution in [1.82, 2.24) is 15.0 Å². The van der Waals surface area contributed by atoms with Crippen LogP contribution in [0.5, 0.6) is 0 Å². The lowest BCUT2D eigenvalue weighted by molar-refractivity contribution is 0.704. The van der Waals surface area contributed by atoms with E-state index in [9.17, 15) is 0 Å². The van der Waals surface area contributed by atoms with Crippen molar-refractivity contribution >= 4 is 23.4 Å². The van der Waals surface area contributed by atoms with Gasteiger partial charge in [-0.15, -0.1) is 0 Å². The Hall–Kier alpha value is -1.88. The van der Waals surface area contributed by atoms with Crippen molar-refractivity contribution in [3.8, 4) is 0 Å². The summed E-state index contributed by atoms with van der Waals surface area (Å²) in [7, 11) is 1.91. The smallest absolute Gasteiger partial charge is 0.223 e. The molecule has 2 N–H and O–H groups in total. The highest BCUT2D eigenvalue weighted by Gasteiger charge is 2.15. The van der Waals surface area contributed by atoms with Crippen LogP contribution in [0.15, 0.2) is 30.5 Å². The Morgan fingerprint density at radius 1 is 1.33 bits per heavy atom. The van der Waals surface area contributed by atoms with Gasteiger partial charge in [-0.3, -0.25) is 4.98 Å². The minimum absolute atomic E-state index is 0.0663. The van der Waals surface area contributed by atoms with Crippen LogP contribution in [0.25, 0.3) is 0 Å². The third kappa shape index (κ3) is 2.68. The van der Waals surface area contributed by atoms with Crippen LogP contribution in [0.4, 0.5) is 11.8 Å². The Kier molecular flexibility index (Phi) is 3.62. The van der Waals surface area contributed by atoms with E-state index in [0.29, 0.717) is 11.0 Å². The maximum atomic E-state index is 5.87. The molecule has 1 atom stereocenters. The van der Waals surface area contributed by atoms with Crippen molar-refractivity contribution in [3.05, 3.63) is 41.3 Å². The van der Waals surface area contributed by atoms with E-state index in [1.165, 1.54) is 0 Å². The number of hydrogen-bond donors (Lipinski definition) is 1. The number of halogens is 1. The molecule has 0 amide bonds. The molecule has 0 aliphatic carbocycles. The zero-order valence-electron chi connectivity index (χ0n) is 10.2. The Morgan fingerprint density at radius 3 is 2.72 bits per heavy atom. The molecule has 5 nitrogen and oxygen atoms in total. The molecular formula is C12H14ClN5. The molecule has 0 aliphatic rings. The lowest BCUT2D eigenvalue weighted by Gasteiger charge is -2.25. The largest absolute Gasteiger partial charge is 0.368 e. The Morgan fingerprint density at radius 2 is 2.11 bits per heavy atom. The fourth-order valence-electron chi connectivity index (χ4n) is 1.62. The number of anilines is 2. The first-order chi connectivity index (χ1) is 8.58. The molecule has 2 aromatic rings. The lowest BCUT2D eigenvalue weighted by Crippen LogP contribution is -2.23. The van der Waals surface area contributed by atoms with Crippen molar-refractivity contribution < 1.29 is 0 Å². The normalized spacial score (nSPS) is 12.2. The van der Waals surface area contributed by atoms with Crippen LogP contribution in [0.1, 0.15) is 18.7 Å². The highest BCUT2D eigenvalue weighted by Crippen LogP contribution is 2.24. The van der Waals surface area contributed by atoms with Gasteiger partial charge in [0.25, 0.3) is 0 Å². The van der Waals surface area contributed by atoms with Gasteiger partial charge in [-0.2, -0.15) is 4.98 Å². The number of nitrogens with two attached hydrogens (primary N) is 1. The average Bonchev–Trinajstić information content (AvgIpc) is 2.37. The molecular weight excluding hydrogens is 250 g/mol. The summed E-state index contributed by atoms with van der Waals surface area (Å²) in [6, 6.07) is 7.55. The average molecular weight is 264 g/mol. The number of nitrogen functional groups attached to an aromatic ring is 1. The van der Waals surface area contributed by atoms with Crippen LogP contribution in [-0.4, -0.2) is 22.0 Å². The van der Waals surface area contributed by atoms with Gasteiger partial charge in [-0.05, 0) is 19.1 Å². The number of nitrogens with zero attached hydrogens (tertiary/aromatic N) is 4. The standard InChI is InChI=1S/C12H14ClN5/c1-8(9-5-3-4-6-15-9)18(2)11-7-10(13)16-12(14)17-11/h3-8H,1-2H3,(H2,14,16,17). The van der Waals surface area contributed by atoms with Crippen LogP contribution in [0.3, 0.4) is 0 Å². The monoisotopic (exact) mass is 263 g/mol. The van der Waals surface area contributed by atoms with E-state index in [0.717, 1.165) is 5.69 Å². The fourth-order valence-corrected chi connectivity index (χ4v) is 1.81. The number of rotatable bonds is 3. The zero-order valence-corrected chi connectivity index (χ0v) is 11.0. The second-order valence-corrected chi connectivity index (χ2v) is 4.34. The maximum absolute atomic E-state index is 5.87. The van der Waals surface area contributed by atoms with Crippen LogP contribution in [0.2, 0.25) is 5.15 Å². The summed E-state index contributed by atoms with van der Waals surface area (Å²) in [6.45, 7) is 2.04. The van der Waals surface area contributed by atoms with E-state index in [4.69, 9.17) is 17.3 Å². The summed E-state index contributed by atoms with van der Waals surface area (Å²) in [5, 5.41) is 0.331. The second-order valence-electron chi connectivity index (χ2n) is 3.95. The van der Waals surface area contributed by atoms with E-state index in [1.54, 1.807) is 12.3 Å². The quantitative estimate of drug-likeness (QED) is 0.861.